The molecule has 0 aliphatic rings. The number of anilines is 1. The summed E-state index contributed by atoms with van der Waals surface area (Å²) in [5, 5.41) is 7.15. The van der Waals surface area contributed by atoms with Gasteiger partial charge in [-0.3, -0.25) is 14.5 Å². The van der Waals surface area contributed by atoms with Crippen molar-refractivity contribution in [2.75, 3.05) is 5.32 Å². The molecule has 0 unspecified atom stereocenters. The van der Waals surface area contributed by atoms with Gasteiger partial charge in [-0.1, -0.05) is 0 Å². The van der Waals surface area contributed by atoms with Crippen molar-refractivity contribution < 1.29 is 9.18 Å². The average molecular weight is 350 g/mol. The summed E-state index contributed by atoms with van der Waals surface area (Å²) in [6, 6.07) is 8.16. The van der Waals surface area contributed by atoms with Crippen LogP contribution in [0.1, 0.15) is 21.7 Å². The van der Waals surface area contributed by atoms with Crippen LogP contribution in [0.5, 0.6) is 0 Å². The van der Waals surface area contributed by atoms with Crippen LogP contribution in [-0.2, 0) is 6.54 Å². The third-order valence-corrected chi connectivity index (χ3v) is 3.92. The van der Waals surface area contributed by atoms with Gasteiger partial charge in [0, 0.05) is 36.5 Å². The molecule has 4 heterocycles. The van der Waals surface area contributed by atoms with Crippen LogP contribution >= 0.6 is 0 Å². The average Bonchev–Trinajstić information content (AvgIpc) is 3.18. The van der Waals surface area contributed by atoms with Gasteiger partial charge in [0.1, 0.15) is 11.5 Å². The molecule has 130 valence electrons. The molecular formula is C18H15FN6O. The molecule has 7 nitrogen and oxygen atoms in total. The number of nitrogens with one attached hydrogen (secondary N) is 1. The first-order chi connectivity index (χ1) is 12.6. The highest BCUT2D eigenvalue weighted by molar-refractivity contribution is 6.03. The van der Waals surface area contributed by atoms with Crippen LogP contribution in [0.3, 0.4) is 0 Å². The van der Waals surface area contributed by atoms with Gasteiger partial charge in [0.25, 0.3) is 5.91 Å². The standard InChI is InChI=1S/C18H15FN6O/c1-12-7-16(22-18(26)13-3-2-6-20-8-13)23-25(12)11-15-10-24-9-14(19)4-5-17(24)21-15/h2-10H,11H2,1H3,(H,22,23,26). The van der Waals surface area contributed by atoms with Gasteiger partial charge in [0.15, 0.2) is 5.82 Å². The monoisotopic (exact) mass is 350 g/mol. The number of hydrogen-bond donors (Lipinski definition) is 1. The summed E-state index contributed by atoms with van der Waals surface area (Å²) < 4.78 is 16.7. The summed E-state index contributed by atoms with van der Waals surface area (Å²) in [6.07, 6.45) is 6.24. The van der Waals surface area contributed by atoms with E-state index < -0.39 is 0 Å². The van der Waals surface area contributed by atoms with E-state index >= 15 is 0 Å². The highest BCUT2D eigenvalue weighted by atomic mass is 19.1. The molecule has 0 bridgehead atoms. The van der Waals surface area contributed by atoms with E-state index in [1.807, 2.05) is 6.92 Å². The van der Waals surface area contributed by atoms with Crippen LogP contribution < -0.4 is 5.32 Å². The van der Waals surface area contributed by atoms with Gasteiger partial charge in [-0.25, -0.2) is 9.37 Å². The number of pyridine rings is 2. The van der Waals surface area contributed by atoms with E-state index in [1.54, 1.807) is 45.7 Å². The van der Waals surface area contributed by atoms with Gasteiger partial charge < -0.3 is 9.72 Å². The number of nitrogens with zero attached hydrogens (tertiary/aromatic N) is 5. The summed E-state index contributed by atoms with van der Waals surface area (Å²) in [5.41, 5.74) is 2.74. The maximum Gasteiger partial charge on any atom is 0.258 e. The van der Waals surface area contributed by atoms with Gasteiger partial charge in [0.2, 0.25) is 0 Å². The Morgan fingerprint density at radius 1 is 1.27 bits per heavy atom. The summed E-state index contributed by atoms with van der Waals surface area (Å²) in [7, 11) is 0. The maximum atomic E-state index is 13.3. The van der Waals surface area contributed by atoms with Gasteiger partial charge >= 0.3 is 0 Å². The van der Waals surface area contributed by atoms with Crippen molar-refractivity contribution in [3.05, 3.63) is 77.9 Å². The van der Waals surface area contributed by atoms with Crippen LogP contribution in [-0.4, -0.2) is 30.1 Å². The van der Waals surface area contributed by atoms with Crippen molar-refractivity contribution in [1.29, 1.82) is 0 Å². The van der Waals surface area contributed by atoms with Crippen molar-refractivity contribution >= 4 is 17.4 Å². The molecule has 0 radical (unpaired) electrons. The Kier molecular flexibility index (Phi) is 3.92. The zero-order valence-corrected chi connectivity index (χ0v) is 13.9. The quantitative estimate of drug-likeness (QED) is 0.614. The van der Waals surface area contributed by atoms with Crippen LogP contribution in [0, 0.1) is 12.7 Å². The number of carbonyl (C=O) groups excluding carboxylic acids is 1. The maximum absolute atomic E-state index is 13.3. The van der Waals surface area contributed by atoms with E-state index in [4.69, 9.17) is 0 Å². The van der Waals surface area contributed by atoms with Crippen LogP contribution in [0.25, 0.3) is 5.65 Å². The molecule has 0 fully saturated rings. The number of hydrogen-bond acceptors (Lipinski definition) is 4. The van der Waals surface area contributed by atoms with Gasteiger partial charge in [-0.15, -0.1) is 0 Å². The van der Waals surface area contributed by atoms with Gasteiger partial charge in [-0.05, 0) is 31.2 Å². The molecule has 4 aromatic heterocycles. The van der Waals surface area contributed by atoms with E-state index in [2.05, 4.69) is 20.4 Å². The third-order valence-electron chi connectivity index (χ3n) is 3.92. The minimum Gasteiger partial charge on any atom is -0.305 e. The van der Waals surface area contributed by atoms with Gasteiger partial charge in [0.05, 0.1) is 17.8 Å². The lowest BCUT2D eigenvalue weighted by Crippen LogP contribution is -2.13. The SMILES string of the molecule is Cc1cc(NC(=O)c2cccnc2)nn1Cc1cn2cc(F)ccc2n1. The largest absolute Gasteiger partial charge is 0.305 e. The number of aryl methyl sites for hydroxylation is 1. The molecule has 0 aromatic carbocycles. The minimum absolute atomic E-state index is 0.272. The third kappa shape index (κ3) is 3.16. The first-order valence-electron chi connectivity index (χ1n) is 7.97. The molecule has 26 heavy (non-hydrogen) atoms. The molecule has 4 aromatic rings. The fourth-order valence-electron chi connectivity index (χ4n) is 2.66. The Bertz CT molecular complexity index is 1090. The number of amides is 1. The zero-order valence-electron chi connectivity index (χ0n) is 13.9. The second-order valence-electron chi connectivity index (χ2n) is 5.87. The fraction of sp³-hybridized carbons (Fsp3) is 0.111. The second-order valence-corrected chi connectivity index (χ2v) is 5.87. The number of aromatic nitrogens is 5. The molecule has 0 saturated carbocycles. The van der Waals surface area contributed by atoms with E-state index in [9.17, 15) is 9.18 Å². The number of halogens is 1. The summed E-state index contributed by atoms with van der Waals surface area (Å²) in [6.45, 7) is 2.31. The molecule has 0 spiro atoms. The zero-order chi connectivity index (χ0) is 18.1. The normalized spacial score (nSPS) is 11.0. The molecule has 1 amide bonds. The van der Waals surface area contributed by atoms with E-state index in [0.717, 1.165) is 11.4 Å². The Balaban J connectivity index is 1.53. The minimum atomic E-state index is -0.322. The smallest absolute Gasteiger partial charge is 0.258 e. The van der Waals surface area contributed by atoms with E-state index in [1.165, 1.54) is 18.5 Å². The topological polar surface area (TPSA) is 77.1 Å². The molecule has 0 atom stereocenters. The Morgan fingerprint density at radius 3 is 2.96 bits per heavy atom. The lowest BCUT2D eigenvalue weighted by atomic mass is 10.3. The highest BCUT2D eigenvalue weighted by Crippen LogP contribution is 2.13. The summed E-state index contributed by atoms with van der Waals surface area (Å²) in [4.78, 5) is 20.6. The summed E-state index contributed by atoms with van der Waals surface area (Å²) >= 11 is 0. The number of imidazole rings is 1. The Morgan fingerprint density at radius 2 is 2.15 bits per heavy atom. The first-order valence-corrected chi connectivity index (χ1v) is 7.97. The van der Waals surface area contributed by atoms with Crippen LogP contribution in [0.2, 0.25) is 0 Å². The highest BCUT2D eigenvalue weighted by Gasteiger charge is 2.11. The first kappa shape index (κ1) is 15.9. The Hall–Kier alpha value is -3.55. The van der Waals surface area contributed by atoms with Crippen molar-refractivity contribution in [2.24, 2.45) is 0 Å². The second kappa shape index (κ2) is 6.40. The molecule has 4 rings (SSSR count). The molecule has 1 N–H and O–H groups in total. The van der Waals surface area contributed by atoms with Crippen LogP contribution in [0.4, 0.5) is 10.2 Å². The molecule has 0 saturated heterocycles. The predicted octanol–water partition coefficient (Wildman–Crippen LogP) is 2.67. The lowest BCUT2D eigenvalue weighted by molar-refractivity contribution is 0.102. The number of carbonyl (C=O) groups is 1. The molecule has 8 heteroatoms. The van der Waals surface area contributed by atoms with Crippen LogP contribution in [0.15, 0.2) is 55.1 Å². The predicted molar refractivity (Wildman–Crippen MR) is 93.4 cm³/mol. The molecule has 0 aliphatic heterocycles. The van der Waals surface area contributed by atoms with Crippen molar-refractivity contribution in [2.45, 2.75) is 13.5 Å². The lowest BCUT2D eigenvalue weighted by Gasteiger charge is -2.02. The summed E-state index contributed by atoms with van der Waals surface area (Å²) in [5.74, 6) is -0.144. The van der Waals surface area contributed by atoms with Crippen molar-refractivity contribution in [3.63, 3.8) is 0 Å². The Labute approximate surface area is 148 Å². The number of fused-ring (bicyclic) bond motifs is 1. The van der Waals surface area contributed by atoms with Crippen molar-refractivity contribution in [3.8, 4) is 0 Å². The number of rotatable bonds is 4. The van der Waals surface area contributed by atoms with Gasteiger partial charge in [-0.2, -0.15) is 5.10 Å². The van der Waals surface area contributed by atoms with Crippen molar-refractivity contribution in [1.82, 2.24) is 24.1 Å². The fourth-order valence-corrected chi connectivity index (χ4v) is 2.66. The molecule has 0 aliphatic carbocycles. The van der Waals surface area contributed by atoms with E-state index in [-0.39, 0.29) is 11.7 Å². The van der Waals surface area contributed by atoms with E-state index in [0.29, 0.717) is 23.6 Å². The molecular weight excluding hydrogens is 335 g/mol.